The molecule has 1 saturated heterocycles. The molecule has 0 unspecified atom stereocenters. The number of anilines is 1. The molecule has 5 heteroatoms. The van der Waals surface area contributed by atoms with Crippen LogP contribution in [0.1, 0.15) is 5.56 Å². The summed E-state index contributed by atoms with van der Waals surface area (Å²) in [6.07, 6.45) is 0. The van der Waals surface area contributed by atoms with E-state index in [1.807, 2.05) is 12.1 Å². The third-order valence-corrected chi connectivity index (χ3v) is 2.71. The van der Waals surface area contributed by atoms with Crippen molar-refractivity contribution in [3.8, 4) is 6.07 Å². The summed E-state index contributed by atoms with van der Waals surface area (Å²) in [4.78, 5) is 2.24. The van der Waals surface area contributed by atoms with Crippen molar-refractivity contribution in [2.75, 3.05) is 31.1 Å². The number of nitrogens with one attached hydrogen (secondary N) is 1. The molecule has 1 aliphatic rings. The van der Waals surface area contributed by atoms with Gasteiger partial charge in [-0.15, -0.1) is 12.4 Å². The van der Waals surface area contributed by atoms with Crippen LogP contribution in [0, 0.1) is 11.3 Å². The molecule has 0 spiro atoms. The van der Waals surface area contributed by atoms with Gasteiger partial charge in [-0.3, -0.25) is 0 Å². The number of piperazine rings is 1. The second kappa shape index (κ2) is 5.95. The Morgan fingerprint density at radius 1 is 1.25 bits per heavy atom. The summed E-state index contributed by atoms with van der Waals surface area (Å²) in [5.74, 6) is 0. The number of nitriles is 1. The van der Waals surface area contributed by atoms with Crippen molar-refractivity contribution in [3.05, 3.63) is 28.8 Å². The van der Waals surface area contributed by atoms with E-state index in [1.54, 1.807) is 6.07 Å². The van der Waals surface area contributed by atoms with Gasteiger partial charge in [0, 0.05) is 36.9 Å². The molecule has 1 fully saturated rings. The zero-order valence-electron chi connectivity index (χ0n) is 8.74. The van der Waals surface area contributed by atoms with Gasteiger partial charge in [0.1, 0.15) is 0 Å². The van der Waals surface area contributed by atoms with E-state index in [9.17, 15) is 0 Å². The quantitative estimate of drug-likeness (QED) is 0.837. The minimum Gasteiger partial charge on any atom is -0.369 e. The third-order valence-electron chi connectivity index (χ3n) is 2.49. The molecular weight excluding hydrogens is 245 g/mol. The zero-order valence-corrected chi connectivity index (χ0v) is 10.3. The smallest absolute Gasteiger partial charge is 0.0992 e. The zero-order chi connectivity index (χ0) is 10.7. The molecule has 1 aromatic rings. The van der Waals surface area contributed by atoms with Gasteiger partial charge in [-0.2, -0.15) is 5.26 Å². The van der Waals surface area contributed by atoms with E-state index in [1.165, 1.54) is 0 Å². The predicted octanol–water partition coefficient (Wildman–Crippen LogP) is 2.04. The highest BCUT2D eigenvalue weighted by Gasteiger charge is 2.11. The topological polar surface area (TPSA) is 39.1 Å². The molecule has 1 N–H and O–H groups in total. The summed E-state index contributed by atoms with van der Waals surface area (Å²) in [6.45, 7) is 3.89. The predicted molar refractivity (Wildman–Crippen MR) is 68.5 cm³/mol. The van der Waals surface area contributed by atoms with Crippen molar-refractivity contribution < 1.29 is 0 Å². The molecule has 0 amide bonds. The lowest BCUT2D eigenvalue weighted by Gasteiger charge is -2.29. The first kappa shape index (κ1) is 13.1. The van der Waals surface area contributed by atoms with Gasteiger partial charge in [0.05, 0.1) is 11.6 Å². The fourth-order valence-electron chi connectivity index (χ4n) is 1.74. The van der Waals surface area contributed by atoms with Crippen LogP contribution in [0.3, 0.4) is 0 Å². The maximum atomic E-state index is 8.85. The standard InChI is InChI=1S/C11H12ClN3.ClH/c12-10-5-9(8-13)6-11(7-10)15-3-1-14-2-4-15;/h5-7,14H,1-4H2;1H. The molecule has 0 saturated carbocycles. The molecule has 0 aromatic heterocycles. The second-order valence-electron chi connectivity index (χ2n) is 3.55. The number of rotatable bonds is 1. The minimum absolute atomic E-state index is 0. The lowest BCUT2D eigenvalue weighted by atomic mass is 10.2. The van der Waals surface area contributed by atoms with Gasteiger partial charge in [0.2, 0.25) is 0 Å². The summed E-state index contributed by atoms with van der Waals surface area (Å²) in [5, 5.41) is 12.8. The highest BCUT2D eigenvalue weighted by Crippen LogP contribution is 2.22. The van der Waals surface area contributed by atoms with Crippen LogP contribution in [0.15, 0.2) is 18.2 Å². The SMILES string of the molecule is Cl.N#Cc1cc(Cl)cc(N2CCNCC2)c1. The molecule has 3 nitrogen and oxygen atoms in total. The van der Waals surface area contributed by atoms with Gasteiger partial charge in [0.15, 0.2) is 0 Å². The van der Waals surface area contributed by atoms with Crippen molar-refractivity contribution in [1.82, 2.24) is 5.32 Å². The first-order valence-corrected chi connectivity index (χ1v) is 5.34. The van der Waals surface area contributed by atoms with Crippen LogP contribution in [0.2, 0.25) is 5.02 Å². The molecule has 1 heterocycles. The number of halogens is 2. The Balaban J connectivity index is 0.00000128. The van der Waals surface area contributed by atoms with Crippen LogP contribution >= 0.6 is 24.0 Å². The second-order valence-corrected chi connectivity index (χ2v) is 3.98. The highest BCUT2D eigenvalue weighted by atomic mass is 35.5. The molecule has 0 radical (unpaired) electrons. The molecule has 0 bridgehead atoms. The monoisotopic (exact) mass is 257 g/mol. The number of nitrogens with zero attached hydrogens (tertiary/aromatic N) is 2. The first-order valence-electron chi connectivity index (χ1n) is 4.96. The average Bonchev–Trinajstić information content (AvgIpc) is 2.29. The molecule has 86 valence electrons. The summed E-state index contributed by atoms with van der Waals surface area (Å²) >= 11 is 5.95. The van der Waals surface area contributed by atoms with E-state index >= 15 is 0 Å². The van der Waals surface area contributed by atoms with Gasteiger partial charge < -0.3 is 10.2 Å². The summed E-state index contributed by atoms with van der Waals surface area (Å²) in [6, 6.07) is 7.60. The molecule has 16 heavy (non-hydrogen) atoms. The van der Waals surface area contributed by atoms with E-state index in [0.717, 1.165) is 31.9 Å². The highest BCUT2D eigenvalue weighted by molar-refractivity contribution is 6.31. The van der Waals surface area contributed by atoms with E-state index in [-0.39, 0.29) is 12.4 Å². The Kier molecular flexibility index (Phi) is 4.88. The summed E-state index contributed by atoms with van der Waals surface area (Å²) in [5.41, 5.74) is 1.66. The van der Waals surface area contributed by atoms with Gasteiger partial charge in [-0.05, 0) is 18.2 Å². The van der Waals surface area contributed by atoms with Crippen LogP contribution in [0.4, 0.5) is 5.69 Å². The van der Waals surface area contributed by atoms with E-state index in [0.29, 0.717) is 10.6 Å². The van der Waals surface area contributed by atoms with Crippen LogP contribution in [-0.2, 0) is 0 Å². The average molecular weight is 258 g/mol. The van der Waals surface area contributed by atoms with Crippen molar-refractivity contribution in [3.63, 3.8) is 0 Å². The Morgan fingerprint density at radius 3 is 2.56 bits per heavy atom. The molecule has 1 aromatic carbocycles. The Bertz CT molecular complexity index is 395. The lowest BCUT2D eigenvalue weighted by Crippen LogP contribution is -2.43. The molecule has 0 aliphatic carbocycles. The molecule has 1 aliphatic heterocycles. The van der Waals surface area contributed by atoms with E-state index < -0.39 is 0 Å². The normalized spacial score (nSPS) is 15.1. The first-order chi connectivity index (χ1) is 7.29. The van der Waals surface area contributed by atoms with Crippen LogP contribution in [0.5, 0.6) is 0 Å². The van der Waals surface area contributed by atoms with Crippen molar-refractivity contribution in [1.29, 1.82) is 5.26 Å². The van der Waals surface area contributed by atoms with Crippen LogP contribution in [-0.4, -0.2) is 26.2 Å². The van der Waals surface area contributed by atoms with E-state index in [4.69, 9.17) is 16.9 Å². The fourth-order valence-corrected chi connectivity index (χ4v) is 1.97. The van der Waals surface area contributed by atoms with Crippen LogP contribution < -0.4 is 10.2 Å². The van der Waals surface area contributed by atoms with Crippen molar-refractivity contribution >= 4 is 29.7 Å². The van der Waals surface area contributed by atoms with Crippen LogP contribution in [0.25, 0.3) is 0 Å². The molecule has 2 rings (SSSR count). The van der Waals surface area contributed by atoms with Crippen molar-refractivity contribution in [2.24, 2.45) is 0 Å². The summed E-state index contributed by atoms with van der Waals surface area (Å²) < 4.78 is 0. The maximum Gasteiger partial charge on any atom is 0.0992 e. The maximum absolute atomic E-state index is 8.85. The Hall–Kier alpha value is -0.950. The molecule has 0 atom stereocenters. The minimum atomic E-state index is 0. The fraction of sp³-hybridized carbons (Fsp3) is 0.364. The Morgan fingerprint density at radius 2 is 1.94 bits per heavy atom. The molecular formula is C11H13Cl2N3. The van der Waals surface area contributed by atoms with Gasteiger partial charge in [-0.25, -0.2) is 0 Å². The largest absolute Gasteiger partial charge is 0.369 e. The number of hydrogen-bond acceptors (Lipinski definition) is 3. The van der Waals surface area contributed by atoms with Gasteiger partial charge in [0.25, 0.3) is 0 Å². The van der Waals surface area contributed by atoms with Gasteiger partial charge in [-0.1, -0.05) is 11.6 Å². The van der Waals surface area contributed by atoms with Gasteiger partial charge >= 0.3 is 0 Å². The number of benzene rings is 1. The Labute approximate surface area is 106 Å². The van der Waals surface area contributed by atoms with E-state index in [2.05, 4.69) is 16.3 Å². The third kappa shape index (κ3) is 3.02. The lowest BCUT2D eigenvalue weighted by molar-refractivity contribution is 0.589. The van der Waals surface area contributed by atoms with Crippen molar-refractivity contribution in [2.45, 2.75) is 0 Å². The number of hydrogen-bond donors (Lipinski definition) is 1. The summed E-state index contributed by atoms with van der Waals surface area (Å²) in [7, 11) is 0.